The number of nitrogens with zero attached hydrogens (tertiary/aromatic N) is 1. The molecule has 3 heterocycles. The molecule has 1 unspecified atom stereocenters. The summed E-state index contributed by atoms with van der Waals surface area (Å²) >= 11 is 0. The van der Waals surface area contributed by atoms with Gasteiger partial charge in [-0.1, -0.05) is 13.0 Å². The van der Waals surface area contributed by atoms with Crippen LogP contribution in [-0.4, -0.2) is 52.6 Å². The fourth-order valence-electron chi connectivity index (χ4n) is 4.64. The summed E-state index contributed by atoms with van der Waals surface area (Å²) in [5, 5.41) is 21.0. The van der Waals surface area contributed by atoms with Crippen molar-refractivity contribution in [2.24, 2.45) is 0 Å². The molecule has 0 radical (unpaired) electrons. The largest absolute Gasteiger partial charge is 0.423 e. The van der Waals surface area contributed by atoms with Crippen molar-refractivity contribution >= 4 is 11.0 Å². The molecule has 2 aliphatic rings. The second-order valence-electron chi connectivity index (χ2n) is 8.39. The molecule has 0 saturated carbocycles. The highest BCUT2D eigenvalue weighted by Crippen LogP contribution is 2.39. The van der Waals surface area contributed by atoms with Crippen molar-refractivity contribution in [2.75, 3.05) is 26.3 Å². The molecule has 2 N–H and O–H groups in total. The van der Waals surface area contributed by atoms with Gasteiger partial charge in [0.2, 0.25) is 0 Å². The summed E-state index contributed by atoms with van der Waals surface area (Å²) in [7, 11) is 0. The van der Waals surface area contributed by atoms with Gasteiger partial charge in [-0.3, -0.25) is 4.90 Å². The molecule has 2 fully saturated rings. The predicted octanol–water partition coefficient (Wildman–Crippen LogP) is 2.22. The minimum atomic E-state index is -1.02. The molecule has 1 atom stereocenters. The Morgan fingerprint density at radius 2 is 1.96 bits per heavy atom. The Morgan fingerprint density at radius 3 is 2.68 bits per heavy atom. The molecule has 0 amide bonds. The normalized spacial score (nSPS) is 25.4. The van der Waals surface area contributed by atoms with E-state index < -0.39 is 5.60 Å². The van der Waals surface area contributed by atoms with Gasteiger partial charge >= 0.3 is 5.63 Å². The van der Waals surface area contributed by atoms with Crippen molar-refractivity contribution < 1.29 is 19.4 Å². The number of aryl methyl sites for hydroxylation is 1. The molecular weight excluding hydrogens is 358 g/mol. The quantitative estimate of drug-likeness (QED) is 0.783. The molecule has 0 bridgehead atoms. The smallest absolute Gasteiger partial charge is 0.336 e. The summed E-state index contributed by atoms with van der Waals surface area (Å²) < 4.78 is 11.4. The van der Waals surface area contributed by atoms with E-state index in [1.54, 1.807) is 6.07 Å². The lowest BCUT2D eigenvalue weighted by Crippen LogP contribution is -2.55. The molecule has 2 aliphatic heterocycles. The van der Waals surface area contributed by atoms with Crippen LogP contribution in [0.3, 0.4) is 0 Å². The average Bonchev–Trinajstić information content (AvgIpc) is 2.69. The summed E-state index contributed by atoms with van der Waals surface area (Å²) in [5.41, 5.74) is 1.17. The number of hydrogen-bond acceptors (Lipinski definition) is 6. The van der Waals surface area contributed by atoms with Crippen LogP contribution < -0.4 is 5.63 Å². The van der Waals surface area contributed by atoms with Crippen LogP contribution in [0.2, 0.25) is 0 Å². The van der Waals surface area contributed by atoms with E-state index in [0.29, 0.717) is 31.6 Å². The zero-order valence-corrected chi connectivity index (χ0v) is 16.4. The first kappa shape index (κ1) is 19.6. The fourth-order valence-corrected chi connectivity index (χ4v) is 4.64. The lowest BCUT2D eigenvalue weighted by atomic mass is 9.77. The third kappa shape index (κ3) is 3.87. The molecule has 1 aromatic carbocycles. The molecule has 6 heteroatoms. The lowest BCUT2D eigenvalue weighted by molar-refractivity contribution is -0.189. The number of hydrogen-bond donors (Lipinski definition) is 2. The van der Waals surface area contributed by atoms with Gasteiger partial charge in [0.25, 0.3) is 0 Å². The van der Waals surface area contributed by atoms with Gasteiger partial charge in [-0.15, -0.1) is 0 Å². The van der Waals surface area contributed by atoms with Gasteiger partial charge in [0.05, 0.1) is 24.4 Å². The Hall–Kier alpha value is -1.73. The van der Waals surface area contributed by atoms with Crippen LogP contribution in [0.25, 0.3) is 11.0 Å². The lowest BCUT2D eigenvalue weighted by Gasteiger charge is -2.48. The third-order valence-corrected chi connectivity index (χ3v) is 6.38. The van der Waals surface area contributed by atoms with Crippen molar-refractivity contribution in [1.82, 2.24) is 4.90 Å². The van der Waals surface area contributed by atoms with E-state index >= 15 is 0 Å². The number of ether oxygens (including phenoxy) is 1. The molecule has 6 nitrogen and oxygen atoms in total. The second-order valence-corrected chi connectivity index (χ2v) is 8.39. The second kappa shape index (κ2) is 7.59. The highest BCUT2D eigenvalue weighted by Gasteiger charge is 2.46. The zero-order chi connectivity index (χ0) is 19.8. The van der Waals surface area contributed by atoms with Crippen LogP contribution >= 0.6 is 0 Å². The van der Waals surface area contributed by atoms with Crippen molar-refractivity contribution in [3.63, 3.8) is 0 Å². The zero-order valence-electron chi connectivity index (χ0n) is 16.4. The number of fused-ring (bicyclic) bond motifs is 1. The highest BCUT2D eigenvalue weighted by atomic mass is 16.5. The first-order chi connectivity index (χ1) is 13.4. The van der Waals surface area contributed by atoms with E-state index in [1.807, 2.05) is 12.1 Å². The minimum absolute atomic E-state index is 0.215. The number of piperidine rings is 1. The Bertz CT molecular complexity index is 899. The van der Waals surface area contributed by atoms with Crippen molar-refractivity contribution in [3.05, 3.63) is 45.8 Å². The molecular formula is C22H29NO5. The number of rotatable bonds is 4. The molecule has 4 rings (SSSR count). The Labute approximate surface area is 164 Å². The van der Waals surface area contributed by atoms with Gasteiger partial charge in [0.1, 0.15) is 5.58 Å². The molecule has 152 valence electrons. The summed E-state index contributed by atoms with van der Waals surface area (Å²) in [4.78, 5) is 14.3. The van der Waals surface area contributed by atoms with E-state index in [4.69, 9.17) is 9.15 Å². The Morgan fingerprint density at radius 1 is 1.18 bits per heavy atom. The number of aliphatic hydroxyl groups is 2. The highest BCUT2D eigenvalue weighted by molar-refractivity contribution is 5.80. The van der Waals surface area contributed by atoms with Crippen LogP contribution in [0.5, 0.6) is 0 Å². The van der Waals surface area contributed by atoms with Crippen molar-refractivity contribution in [2.45, 2.75) is 56.8 Å². The maximum atomic E-state index is 12.0. The average molecular weight is 387 g/mol. The third-order valence-electron chi connectivity index (χ3n) is 6.38. The van der Waals surface area contributed by atoms with E-state index in [9.17, 15) is 15.0 Å². The number of aliphatic hydroxyl groups excluding tert-OH is 1. The number of benzene rings is 1. The number of likely N-dealkylation sites (tertiary alicyclic amines) is 1. The molecule has 1 aromatic heterocycles. The fraction of sp³-hybridized carbons (Fsp3) is 0.591. The molecule has 2 saturated heterocycles. The van der Waals surface area contributed by atoms with Crippen LogP contribution in [0, 0.1) is 0 Å². The maximum Gasteiger partial charge on any atom is 0.336 e. The monoisotopic (exact) mass is 387 g/mol. The van der Waals surface area contributed by atoms with Crippen LogP contribution in [0.15, 0.2) is 33.5 Å². The van der Waals surface area contributed by atoms with Gasteiger partial charge < -0.3 is 19.4 Å². The van der Waals surface area contributed by atoms with Gasteiger partial charge in [-0.2, -0.15) is 0 Å². The topological polar surface area (TPSA) is 83.1 Å². The standard InChI is InChI=1S/C22H29NO5/c1-2-16-3-4-19-18(11-16)17(12-20(25)28-19)13-23-8-5-22(6-9-23)14-21(26,15-24)7-10-27-22/h3-4,11-12,24,26H,2,5-10,13-15H2,1H3. The van der Waals surface area contributed by atoms with Gasteiger partial charge in [0, 0.05) is 43.9 Å². The van der Waals surface area contributed by atoms with Crippen LogP contribution in [0.4, 0.5) is 0 Å². The molecule has 28 heavy (non-hydrogen) atoms. The Kier molecular flexibility index (Phi) is 5.31. The molecule has 2 aromatic rings. The minimum Gasteiger partial charge on any atom is -0.423 e. The summed E-state index contributed by atoms with van der Waals surface area (Å²) in [6.45, 7) is 4.74. The SMILES string of the molecule is CCc1ccc2oc(=O)cc(CN3CCC4(CC3)CC(O)(CO)CCO4)c2c1. The molecule has 0 aliphatic carbocycles. The van der Waals surface area contributed by atoms with Crippen LogP contribution in [0.1, 0.15) is 43.7 Å². The predicted molar refractivity (Wildman–Crippen MR) is 106 cm³/mol. The summed E-state index contributed by atoms with van der Waals surface area (Å²) in [6.07, 6.45) is 3.54. The first-order valence-electron chi connectivity index (χ1n) is 10.2. The first-order valence-corrected chi connectivity index (χ1v) is 10.2. The van der Waals surface area contributed by atoms with Gasteiger partial charge in [-0.05, 0) is 42.5 Å². The summed E-state index contributed by atoms with van der Waals surface area (Å²) in [5.74, 6) is 0. The van der Waals surface area contributed by atoms with Crippen LogP contribution in [-0.2, 0) is 17.7 Å². The molecule has 1 spiro atoms. The maximum absolute atomic E-state index is 12.0. The van der Waals surface area contributed by atoms with E-state index in [0.717, 1.165) is 43.3 Å². The summed E-state index contributed by atoms with van der Waals surface area (Å²) in [6, 6.07) is 7.61. The van der Waals surface area contributed by atoms with E-state index in [1.165, 1.54) is 5.56 Å². The Balaban J connectivity index is 1.50. The van der Waals surface area contributed by atoms with Gasteiger partial charge in [0.15, 0.2) is 0 Å². The van der Waals surface area contributed by atoms with Crippen molar-refractivity contribution in [3.8, 4) is 0 Å². The van der Waals surface area contributed by atoms with Crippen molar-refractivity contribution in [1.29, 1.82) is 0 Å². The van der Waals surface area contributed by atoms with E-state index in [-0.39, 0.29) is 17.8 Å². The van der Waals surface area contributed by atoms with Gasteiger partial charge in [-0.25, -0.2) is 4.79 Å². The van der Waals surface area contributed by atoms with E-state index in [2.05, 4.69) is 17.9 Å².